The molecule has 114 valence electrons. The molecule has 1 atom stereocenters. The van der Waals surface area contributed by atoms with Gasteiger partial charge in [-0.25, -0.2) is 8.42 Å². The molecule has 0 amide bonds. The van der Waals surface area contributed by atoms with E-state index in [9.17, 15) is 8.42 Å². The van der Waals surface area contributed by atoms with Gasteiger partial charge in [-0.05, 0) is 25.5 Å². The Hall–Kier alpha value is -0.980. The number of aryl methyl sites for hydroxylation is 1. The molecule has 5 nitrogen and oxygen atoms in total. The molecule has 1 unspecified atom stereocenters. The predicted octanol–water partition coefficient (Wildman–Crippen LogP) is 1.40. The van der Waals surface area contributed by atoms with Gasteiger partial charge in [0.2, 0.25) is 10.0 Å². The van der Waals surface area contributed by atoms with Crippen molar-refractivity contribution in [1.82, 2.24) is 9.29 Å². The van der Waals surface area contributed by atoms with Crippen LogP contribution in [0.25, 0.3) is 0 Å². The maximum atomic E-state index is 12.5. The van der Waals surface area contributed by atoms with Crippen molar-refractivity contribution in [3.05, 3.63) is 30.1 Å². The first-order valence-corrected chi connectivity index (χ1v) is 8.61. The maximum absolute atomic E-state index is 12.5. The predicted molar refractivity (Wildman–Crippen MR) is 81.9 cm³/mol. The van der Waals surface area contributed by atoms with E-state index < -0.39 is 15.6 Å². The lowest BCUT2D eigenvalue weighted by molar-refractivity contribution is 0.214. The summed E-state index contributed by atoms with van der Waals surface area (Å²) in [5.41, 5.74) is 6.05. The van der Waals surface area contributed by atoms with E-state index >= 15 is 0 Å². The van der Waals surface area contributed by atoms with Gasteiger partial charge in [-0.1, -0.05) is 19.9 Å². The van der Waals surface area contributed by atoms with Crippen LogP contribution >= 0.6 is 0 Å². The van der Waals surface area contributed by atoms with Crippen LogP contribution in [0.5, 0.6) is 0 Å². The Morgan fingerprint density at radius 1 is 1.35 bits per heavy atom. The summed E-state index contributed by atoms with van der Waals surface area (Å²) in [7, 11) is -3.34. The first kappa shape index (κ1) is 17.1. The zero-order valence-electron chi connectivity index (χ0n) is 12.5. The van der Waals surface area contributed by atoms with E-state index in [-0.39, 0.29) is 5.75 Å². The van der Waals surface area contributed by atoms with Gasteiger partial charge in [0.05, 0.1) is 5.75 Å². The molecular weight excluding hydrogens is 274 g/mol. The van der Waals surface area contributed by atoms with Crippen molar-refractivity contribution >= 4 is 10.0 Å². The fourth-order valence-electron chi connectivity index (χ4n) is 2.23. The molecule has 0 spiro atoms. The van der Waals surface area contributed by atoms with Crippen LogP contribution in [-0.4, -0.2) is 42.1 Å². The van der Waals surface area contributed by atoms with Crippen molar-refractivity contribution in [3.8, 4) is 0 Å². The van der Waals surface area contributed by atoms with Crippen molar-refractivity contribution in [1.29, 1.82) is 0 Å². The van der Waals surface area contributed by atoms with E-state index in [2.05, 4.69) is 4.98 Å². The third-order valence-electron chi connectivity index (χ3n) is 3.77. The Balaban J connectivity index is 2.85. The van der Waals surface area contributed by atoms with E-state index in [0.717, 1.165) is 5.69 Å². The minimum atomic E-state index is -3.34. The highest BCUT2D eigenvalue weighted by atomic mass is 32.2. The molecule has 1 heterocycles. The maximum Gasteiger partial charge on any atom is 0.215 e. The van der Waals surface area contributed by atoms with Crippen LogP contribution in [0.3, 0.4) is 0 Å². The Bertz CT molecular complexity index is 498. The van der Waals surface area contributed by atoms with Gasteiger partial charge < -0.3 is 5.73 Å². The van der Waals surface area contributed by atoms with Gasteiger partial charge in [0.15, 0.2) is 0 Å². The molecular formula is C14H25N3O2S. The van der Waals surface area contributed by atoms with Crippen LogP contribution in [0.1, 0.15) is 32.9 Å². The molecule has 20 heavy (non-hydrogen) atoms. The first-order valence-electron chi connectivity index (χ1n) is 7.00. The zero-order chi connectivity index (χ0) is 15.2. The summed E-state index contributed by atoms with van der Waals surface area (Å²) < 4.78 is 26.6. The molecule has 2 N–H and O–H groups in total. The van der Waals surface area contributed by atoms with Crippen molar-refractivity contribution < 1.29 is 8.42 Å². The number of sulfonamides is 1. The van der Waals surface area contributed by atoms with Crippen LogP contribution in [0, 0.1) is 0 Å². The van der Waals surface area contributed by atoms with Crippen molar-refractivity contribution in [2.45, 2.75) is 39.2 Å². The Labute approximate surface area is 122 Å². The number of aromatic nitrogens is 1. The third kappa shape index (κ3) is 4.01. The van der Waals surface area contributed by atoms with Gasteiger partial charge in [-0.3, -0.25) is 4.98 Å². The average Bonchev–Trinajstić information content (AvgIpc) is 2.46. The van der Waals surface area contributed by atoms with Gasteiger partial charge >= 0.3 is 0 Å². The first-order chi connectivity index (χ1) is 9.39. The summed E-state index contributed by atoms with van der Waals surface area (Å²) in [6.45, 7) is 6.47. The second kappa shape index (κ2) is 7.15. The fourth-order valence-corrected chi connectivity index (χ4v) is 4.18. The highest BCUT2D eigenvalue weighted by Gasteiger charge is 2.36. The Morgan fingerprint density at radius 3 is 2.50 bits per heavy atom. The van der Waals surface area contributed by atoms with Crippen LogP contribution in [0.4, 0.5) is 0 Å². The molecule has 0 aliphatic carbocycles. The summed E-state index contributed by atoms with van der Waals surface area (Å²) in [5.74, 6) is 0.0629. The lowest BCUT2D eigenvalue weighted by Gasteiger charge is -2.38. The number of rotatable bonds is 8. The molecule has 0 aromatic carbocycles. The Kier molecular flexibility index (Phi) is 6.10. The van der Waals surface area contributed by atoms with Gasteiger partial charge in [0.1, 0.15) is 0 Å². The minimum Gasteiger partial charge on any atom is -0.329 e. The molecule has 1 aromatic rings. The molecule has 0 aliphatic rings. The summed E-state index contributed by atoms with van der Waals surface area (Å²) in [6, 6.07) is 5.52. The molecule has 6 heteroatoms. The standard InChI is InChI=1S/C14H25N3O2S/c1-4-14(3,12-15)17(5-2)20(18,19)11-9-13-8-6-7-10-16-13/h6-8,10H,4-5,9,11-12,15H2,1-3H3. The van der Waals surface area contributed by atoms with Crippen LogP contribution in [0.15, 0.2) is 24.4 Å². The molecule has 0 bridgehead atoms. The van der Waals surface area contributed by atoms with Gasteiger partial charge in [-0.15, -0.1) is 0 Å². The monoisotopic (exact) mass is 299 g/mol. The lowest BCUT2D eigenvalue weighted by Crippen LogP contribution is -2.54. The molecule has 0 radical (unpaired) electrons. The van der Waals surface area contributed by atoms with Crippen molar-refractivity contribution in [2.24, 2.45) is 5.73 Å². The zero-order valence-corrected chi connectivity index (χ0v) is 13.4. The molecule has 1 rings (SSSR count). The Morgan fingerprint density at radius 2 is 2.05 bits per heavy atom. The number of pyridine rings is 1. The van der Waals surface area contributed by atoms with Crippen LogP contribution < -0.4 is 5.73 Å². The topological polar surface area (TPSA) is 76.3 Å². The van der Waals surface area contributed by atoms with E-state index in [1.165, 1.54) is 4.31 Å². The number of likely N-dealkylation sites (N-methyl/N-ethyl adjacent to an activating group) is 1. The van der Waals surface area contributed by atoms with E-state index in [1.54, 1.807) is 6.20 Å². The fraction of sp³-hybridized carbons (Fsp3) is 0.643. The highest BCUT2D eigenvalue weighted by molar-refractivity contribution is 7.89. The number of nitrogens with two attached hydrogens (primary N) is 1. The largest absolute Gasteiger partial charge is 0.329 e. The SMILES string of the molecule is CCN(C(C)(CC)CN)S(=O)(=O)CCc1ccccn1. The van der Waals surface area contributed by atoms with E-state index in [4.69, 9.17) is 5.73 Å². The average molecular weight is 299 g/mol. The lowest BCUT2D eigenvalue weighted by atomic mass is 9.99. The normalized spacial score (nSPS) is 15.2. The summed E-state index contributed by atoms with van der Waals surface area (Å²) in [5, 5.41) is 0. The summed E-state index contributed by atoms with van der Waals surface area (Å²) >= 11 is 0. The van der Waals surface area contributed by atoms with Crippen molar-refractivity contribution in [3.63, 3.8) is 0 Å². The summed E-state index contributed by atoms with van der Waals surface area (Å²) in [4.78, 5) is 4.16. The number of hydrogen-bond donors (Lipinski definition) is 1. The molecule has 0 saturated carbocycles. The van der Waals surface area contributed by atoms with Gasteiger partial charge in [-0.2, -0.15) is 4.31 Å². The highest BCUT2D eigenvalue weighted by Crippen LogP contribution is 2.22. The third-order valence-corrected chi connectivity index (χ3v) is 5.86. The molecule has 0 fully saturated rings. The van der Waals surface area contributed by atoms with Gasteiger partial charge in [0, 0.05) is 36.9 Å². The molecule has 1 aromatic heterocycles. The van der Waals surface area contributed by atoms with E-state index in [0.29, 0.717) is 25.9 Å². The quantitative estimate of drug-likeness (QED) is 0.787. The second-order valence-electron chi connectivity index (χ2n) is 5.11. The number of hydrogen-bond acceptors (Lipinski definition) is 4. The van der Waals surface area contributed by atoms with Crippen molar-refractivity contribution in [2.75, 3.05) is 18.8 Å². The number of nitrogens with zero attached hydrogens (tertiary/aromatic N) is 2. The molecule has 0 saturated heterocycles. The van der Waals surface area contributed by atoms with E-state index in [1.807, 2.05) is 39.0 Å². The molecule has 0 aliphatic heterocycles. The second-order valence-corrected chi connectivity index (χ2v) is 7.12. The minimum absolute atomic E-state index is 0.0629. The van der Waals surface area contributed by atoms with Crippen LogP contribution in [-0.2, 0) is 16.4 Å². The summed E-state index contributed by atoms with van der Waals surface area (Å²) in [6.07, 6.45) is 2.79. The van der Waals surface area contributed by atoms with Crippen LogP contribution in [0.2, 0.25) is 0 Å². The van der Waals surface area contributed by atoms with Gasteiger partial charge in [0.25, 0.3) is 0 Å². The smallest absolute Gasteiger partial charge is 0.215 e.